The summed E-state index contributed by atoms with van der Waals surface area (Å²) in [5.74, 6) is -1.04. The maximum Gasteiger partial charge on any atom is 0.335 e. The normalized spacial score (nSPS) is 18.6. The van der Waals surface area contributed by atoms with Crippen LogP contribution in [0.2, 0.25) is 0 Å². The first-order valence-electron chi connectivity index (χ1n) is 10.4. The molecule has 1 aromatic carbocycles. The van der Waals surface area contributed by atoms with E-state index in [1.807, 2.05) is 35.7 Å². The Labute approximate surface area is 187 Å². The van der Waals surface area contributed by atoms with Crippen LogP contribution in [0, 0.1) is 0 Å². The van der Waals surface area contributed by atoms with Crippen molar-refractivity contribution < 1.29 is 14.4 Å². The molecular weight excluding hydrogens is 432 g/mol. The van der Waals surface area contributed by atoms with Crippen LogP contribution in [-0.4, -0.2) is 63.8 Å². The lowest BCUT2D eigenvalue weighted by Crippen LogP contribution is -2.45. The predicted octanol–water partition coefficient (Wildman–Crippen LogP) is 3.53. The van der Waals surface area contributed by atoms with Gasteiger partial charge in [0, 0.05) is 36.9 Å². The fourth-order valence-electron chi connectivity index (χ4n) is 4.14. The van der Waals surface area contributed by atoms with E-state index in [9.17, 15) is 14.4 Å². The first-order valence-corrected chi connectivity index (χ1v) is 12.1. The van der Waals surface area contributed by atoms with E-state index in [1.165, 1.54) is 4.70 Å². The predicted molar refractivity (Wildman–Crippen MR) is 120 cm³/mol. The van der Waals surface area contributed by atoms with Crippen LogP contribution in [0.1, 0.15) is 28.6 Å². The molecule has 0 radical (unpaired) electrons. The first-order chi connectivity index (χ1) is 15.1. The Morgan fingerprint density at radius 3 is 2.48 bits per heavy atom. The smallest absolute Gasteiger partial charge is 0.285 e. The molecule has 5 rings (SSSR count). The van der Waals surface area contributed by atoms with E-state index in [4.69, 9.17) is 4.98 Å². The fraction of sp³-hybridized carbons (Fsp3) is 0.364. The zero-order valence-corrected chi connectivity index (χ0v) is 18.5. The maximum atomic E-state index is 12.7. The number of para-hydroxylation sites is 1. The lowest BCUT2D eigenvalue weighted by atomic mass is 9.98. The van der Waals surface area contributed by atoms with Crippen LogP contribution in [0.25, 0.3) is 10.2 Å². The summed E-state index contributed by atoms with van der Waals surface area (Å²) in [7, 11) is 0. The summed E-state index contributed by atoms with van der Waals surface area (Å²) in [6, 6.07) is 11.6. The van der Waals surface area contributed by atoms with Crippen LogP contribution in [0.3, 0.4) is 0 Å². The number of amides is 4. The Kier molecular flexibility index (Phi) is 5.56. The van der Waals surface area contributed by atoms with Gasteiger partial charge in [-0.1, -0.05) is 18.2 Å². The molecule has 4 amide bonds. The van der Waals surface area contributed by atoms with Crippen LogP contribution >= 0.6 is 22.7 Å². The second kappa shape index (κ2) is 8.49. The van der Waals surface area contributed by atoms with Crippen LogP contribution < -0.4 is 0 Å². The van der Waals surface area contributed by atoms with Gasteiger partial charge in [-0.2, -0.15) is 0 Å². The van der Waals surface area contributed by atoms with Crippen molar-refractivity contribution in [3.63, 3.8) is 0 Å². The quantitative estimate of drug-likeness (QED) is 0.421. The largest absolute Gasteiger partial charge is 0.335 e. The summed E-state index contributed by atoms with van der Waals surface area (Å²) < 4.78 is 1.20. The molecule has 2 aliphatic heterocycles. The van der Waals surface area contributed by atoms with Crippen molar-refractivity contribution >= 4 is 50.7 Å². The Morgan fingerprint density at radius 2 is 1.74 bits per heavy atom. The number of hydrogen-bond donors (Lipinski definition) is 0. The van der Waals surface area contributed by atoms with Crippen molar-refractivity contribution in [2.45, 2.75) is 25.2 Å². The van der Waals surface area contributed by atoms with Gasteiger partial charge >= 0.3 is 17.8 Å². The molecule has 2 fully saturated rings. The van der Waals surface area contributed by atoms with Gasteiger partial charge in [0.1, 0.15) is 0 Å². The van der Waals surface area contributed by atoms with E-state index in [2.05, 4.69) is 11.0 Å². The molecule has 7 nitrogen and oxygen atoms in total. The monoisotopic (exact) mass is 454 g/mol. The lowest BCUT2D eigenvalue weighted by molar-refractivity contribution is -0.144. The molecule has 0 bridgehead atoms. The average Bonchev–Trinajstić information content (AvgIpc) is 3.50. The Morgan fingerprint density at radius 1 is 0.968 bits per heavy atom. The molecule has 0 aliphatic carbocycles. The summed E-state index contributed by atoms with van der Waals surface area (Å²) >= 11 is 3.32. The van der Waals surface area contributed by atoms with E-state index in [0.29, 0.717) is 12.3 Å². The molecule has 4 heterocycles. The van der Waals surface area contributed by atoms with Gasteiger partial charge in [-0.3, -0.25) is 19.4 Å². The van der Waals surface area contributed by atoms with Crippen LogP contribution in [0.15, 0.2) is 41.8 Å². The third-order valence-corrected chi connectivity index (χ3v) is 8.02. The molecule has 0 unspecified atom stereocenters. The molecule has 0 spiro atoms. The highest BCUT2D eigenvalue weighted by molar-refractivity contribution is 7.18. The number of imide groups is 2. The van der Waals surface area contributed by atoms with Gasteiger partial charge in [-0.25, -0.2) is 14.7 Å². The molecule has 31 heavy (non-hydrogen) atoms. The van der Waals surface area contributed by atoms with Crippen molar-refractivity contribution in [1.82, 2.24) is 19.7 Å². The van der Waals surface area contributed by atoms with Gasteiger partial charge in [0.25, 0.3) is 0 Å². The van der Waals surface area contributed by atoms with Crippen molar-refractivity contribution in [2.75, 3.05) is 26.3 Å². The second-order valence-electron chi connectivity index (χ2n) is 7.86. The van der Waals surface area contributed by atoms with Crippen LogP contribution in [0.5, 0.6) is 0 Å². The standard InChI is InChI=1S/C22H22N4O3S2/c27-20-21(28)26(22(29)25(20)12-9-16-4-3-13-30-16)14-24-10-7-15(8-11-24)19-23-17-5-1-2-6-18(17)31-19/h1-6,13,15H,7-12,14H2. The number of thiophene rings is 1. The van der Waals surface area contributed by atoms with Crippen LogP contribution in [0.4, 0.5) is 4.79 Å². The lowest BCUT2D eigenvalue weighted by Gasteiger charge is -2.32. The van der Waals surface area contributed by atoms with Gasteiger partial charge in [-0.15, -0.1) is 22.7 Å². The zero-order valence-electron chi connectivity index (χ0n) is 16.9. The van der Waals surface area contributed by atoms with Gasteiger partial charge in [0.05, 0.1) is 21.9 Å². The van der Waals surface area contributed by atoms with Gasteiger partial charge < -0.3 is 0 Å². The fourth-order valence-corrected chi connectivity index (χ4v) is 5.97. The molecule has 2 saturated heterocycles. The molecule has 160 valence electrons. The molecule has 2 aliphatic rings. The number of fused-ring (bicyclic) bond motifs is 1. The number of hydrogen-bond acceptors (Lipinski definition) is 7. The number of carbonyl (C=O) groups excluding carboxylic acids is 3. The number of likely N-dealkylation sites (tertiary alicyclic amines) is 1. The Hall–Kier alpha value is -2.62. The number of carbonyl (C=O) groups is 3. The maximum absolute atomic E-state index is 12.7. The number of piperidine rings is 1. The molecule has 0 saturated carbocycles. The molecule has 9 heteroatoms. The van der Waals surface area contributed by atoms with Crippen molar-refractivity contribution in [2.24, 2.45) is 0 Å². The second-order valence-corrected chi connectivity index (χ2v) is 9.95. The minimum atomic E-state index is -0.718. The van der Waals surface area contributed by atoms with Crippen LogP contribution in [-0.2, 0) is 16.0 Å². The van der Waals surface area contributed by atoms with Gasteiger partial charge in [0.2, 0.25) is 0 Å². The number of aromatic nitrogens is 1. The summed E-state index contributed by atoms with van der Waals surface area (Å²) in [4.78, 5) is 47.6. The third-order valence-electron chi connectivity index (χ3n) is 5.89. The summed E-state index contributed by atoms with van der Waals surface area (Å²) in [5.41, 5.74) is 1.04. The minimum Gasteiger partial charge on any atom is -0.285 e. The van der Waals surface area contributed by atoms with Crippen molar-refractivity contribution in [3.8, 4) is 0 Å². The van der Waals surface area contributed by atoms with Gasteiger partial charge in [-0.05, 0) is 36.4 Å². The Balaban J connectivity index is 1.18. The van der Waals surface area contributed by atoms with E-state index in [-0.39, 0.29) is 13.2 Å². The van der Waals surface area contributed by atoms with Gasteiger partial charge in [0.15, 0.2) is 0 Å². The minimum absolute atomic E-state index is 0.172. The third kappa shape index (κ3) is 4.00. The molecule has 3 aromatic rings. The molecule has 0 atom stereocenters. The Bertz CT molecular complexity index is 1090. The van der Waals surface area contributed by atoms with Crippen molar-refractivity contribution in [1.29, 1.82) is 0 Å². The molecule has 2 aromatic heterocycles. The summed E-state index contributed by atoms with van der Waals surface area (Å²) in [6.07, 6.45) is 2.42. The number of nitrogens with zero attached hydrogens (tertiary/aromatic N) is 4. The number of thiazole rings is 1. The number of rotatable bonds is 6. The average molecular weight is 455 g/mol. The van der Waals surface area contributed by atoms with Crippen molar-refractivity contribution in [3.05, 3.63) is 51.7 Å². The first kappa shape index (κ1) is 20.3. The van der Waals surface area contributed by atoms with E-state index >= 15 is 0 Å². The molecule has 0 N–H and O–H groups in total. The highest BCUT2D eigenvalue weighted by Crippen LogP contribution is 2.34. The number of benzene rings is 1. The summed E-state index contributed by atoms with van der Waals surface area (Å²) in [5, 5.41) is 3.11. The van der Waals surface area contributed by atoms with E-state index < -0.39 is 17.8 Å². The SMILES string of the molecule is O=C1C(=O)N(CN2CCC(c3nc4ccccc4s3)CC2)C(=O)N1CCc1cccs1. The number of urea groups is 1. The van der Waals surface area contributed by atoms with E-state index in [1.54, 1.807) is 22.7 Å². The summed E-state index contributed by atoms with van der Waals surface area (Å²) in [6.45, 7) is 1.94. The highest BCUT2D eigenvalue weighted by Gasteiger charge is 2.45. The highest BCUT2D eigenvalue weighted by atomic mass is 32.1. The van der Waals surface area contributed by atoms with E-state index in [0.717, 1.165) is 51.1 Å². The molecular formula is C22H22N4O3S2. The zero-order chi connectivity index (χ0) is 21.4. The topological polar surface area (TPSA) is 73.8 Å².